The number of aromatic nitrogens is 3. The number of aliphatic hydroxyl groups is 1. The molecule has 0 atom stereocenters. The van der Waals surface area contributed by atoms with Crippen molar-refractivity contribution in [3.8, 4) is 0 Å². The Balaban J connectivity index is 1.67. The Labute approximate surface area is 119 Å². The van der Waals surface area contributed by atoms with Crippen molar-refractivity contribution in [2.24, 2.45) is 5.92 Å². The molecule has 0 aromatic carbocycles. The van der Waals surface area contributed by atoms with Crippen molar-refractivity contribution in [3.05, 3.63) is 23.9 Å². The van der Waals surface area contributed by atoms with Crippen LogP contribution in [0.1, 0.15) is 38.2 Å². The van der Waals surface area contributed by atoms with Crippen molar-refractivity contribution in [1.82, 2.24) is 14.6 Å². The number of aryl methyl sites for hydroxylation is 1. The first-order valence-corrected chi connectivity index (χ1v) is 7.33. The summed E-state index contributed by atoms with van der Waals surface area (Å²) in [6.45, 7) is 4.80. The monoisotopic (exact) mass is 274 g/mol. The Morgan fingerprint density at radius 1 is 1.40 bits per heavy atom. The van der Waals surface area contributed by atoms with Crippen molar-refractivity contribution in [1.29, 1.82) is 0 Å². The van der Waals surface area contributed by atoms with Crippen LogP contribution in [-0.4, -0.2) is 31.9 Å². The maximum absolute atomic E-state index is 10.5. The van der Waals surface area contributed by atoms with Gasteiger partial charge >= 0.3 is 0 Å². The van der Waals surface area contributed by atoms with Crippen LogP contribution in [0.5, 0.6) is 0 Å². The zero-order valence-corrected chi connectivity index (χ0v) is 12.1. The van der Waals surface area contributed by atoms with E-state index in [1.165, 1.54) is 0 Å². The lowest BCUT2D eigenvalue weighted by Crippen LogP contribution is -2.40. The molecule has 3 rings (SSSR count). The zero-order valence-electron chi connectivity index (χ0n) is 12.1. The van der Waals surface area contributed by atoms with Gasteiger partial charge in [-0.2, -0.15) is 4.98 Å². The van der Waals surface area contributed by atoms with Crippen molar-refractivity contribution in [2.45, 2.75) is 45.1 Å². The minimum atomic E-state index is -0.611. The summed E-state index contributed by atoms with van der Waals surface area (Å²) in [7, 11) is 0. The Morgan fingerprint density at radius 2 is 2.15 bits per heavy atom. The van der Waals surface area contributed by atoms with E-state index >= 15 is 0 Å². The Kier molecular flexibility index (Phi) is 3.38. The van der Waals surface area contributed by atoms with E-state index < -0.39 is 5.60 Å². The van der Waals surface area contributed by atoms with Gasteiger partial charge in [0.25, 0.3) is 0 Å². The van der Waals surface area contributed by atoms with Crippen molar-refractivity contribution in [3.63, 3.8) is 0 Å². The fourth-order valence-electron chi connectivity index (χ4n) is 2.78. The lowest BCUT2D eigenvalue weighted by Gasteiger charge is -2.34. The molecule has 2 aromatic rings. The molecule has 2 heterocycles. The topological polar surface area (TPSA) is 62.5 Å². The number of rotatable bonds is 3. The molecule has 0 amide bonds. The average Bonchev–Trinajstić information content (AvgIpc) is 2.82. The number of pyridine rings is 1. The van der Waals surface area contributed by atoms with Gasteiger partial charge in [0.15, 0.2) is 5.65 Å². The highest BCUT2D eigenvalue weighted by atomic mass is 16.3. The van der Waals surface area contributed by atoms with Gasteiger partial charge in [0.2, 0.25) is 5.95 Å². The molecule has 0 bridgehead atoms. The highest BCUT2D eigenvalue weighted by Crippen LogP contribution is 2.31. The van der Waals surface area contributed by atoms with E-state index in [1.54, 1.807) is 4.52 Å². The molecule has 0 radical (unpaired) electrons. The standard InChI is InChI=1S/C15H22N4O/c1-11-5-7-15(20,8-6-11)10-16-14-17-13-4-3-12(2)9-19(13)18-14/h3-4,9,11,20H,5-8,10H2,1-2H3,(H,16,18). The summed E-state index contributed by atoms with van der Waals surface area (Å²) >= 11 is 0. The second-order valence-corrected chi connectivity index (χ2v) is 6.21. The summed E-state index contributed by atoms with van der Waals surface area (Å²) in [5.74, 6) is 1.31. The molecular formula is C15H22N4O. The van der Waals surface area contributed by atoms with Gasteiger partial charge in [-0.05, 0) is 50.2 Å². The molecule has 1 fully saturated rings. The van der Waals surface area contributed by atoms with Crippen LogP contribution in [-0.2, 0) is 0 Å². The van der Waals surface area contributed by atoms with E-state index in [2.05, 4.69) is 22.3 Å². The van der Waals surface area contributed by atoms with Crippen LogP contribution in [0, 0.1) is 12.8 Å². The number of hydrogen-bond donors (Lipinski definition) is 2. The summed E-state index contributed by atoms with van der Waals surface area (Å²) in [6, 6.07) is 3.97. The van der Waals surface area contributed by atoms with Crippen LogP contribution in [0.3, 0.4) is 0 Å². The minimum absolute atomic E-state index is 0.523. The van der Waals surface area contributed by atoms with Gasteiger partial charge in [-0.1, -0.05) is 13.0 Å². The van der Waals surface area contributed by atoms with Crippen LogP contribution in [0.2, 0.25) is 0 Å². The molecule has 0 aliphatic heterocycles. The van der Waals surface area contributed by atoms with Gasteiger partial charge in [0, 0.05) is 12.7 Å². The molecule has 0 saturated heterocycles. The Hall–Kier alpha value is -1.62. The maximum Gasteiger partial charge on any atom is 0.243 e. The van der Waals surface area contributed by atoms with Gasteiger partial charge in [0.1, 0.15) is 0 Å². The molecule has 1 saturated carbocycles. The van der Waals surface area contributed by atoms with Crippen molar-refractivity contribution < 1.29 is 5.11 Å². The van der Waals surface area contributed by atoms with Gasteiger partial charge in [-0.25, -0.2) is 4.52 Å². The molecule has 108 valence electrons. The lowest BCUT2D eigenvalue weighted by molar-refractivity contribution is 0.00488. The molecule has 1 aliphatic carbocycles. The summed E-state index contributed by atoms with van der Waals surface area (Å²) in [4.78, 5) is 4.41. The van der Waals surface area contributed by atoms with Gasteiger partial charge < -0.3 is 10.4 Å². The third-order valence-corrected chi connectivity index (χ3v) is 4.26. The van der Waals surface area contributed by atoms with E-state index in [1.807, 2.05) is 25.3 Å². The van der Waals surface area contributed by atoms with E-state index in [-0.39, 0.29) is 0 Å². The molecule has 5 nitrogen and oxygen atoms in total. The number of hydrogen-bond acceptors (Lipinski definition) is 4. The normalized spacial score (nSPS) is 26.9. The minimum Gasteiger partial charge on any atom is -0.388 e. The molecule has 0 unspecified atom stereocenters. The van der Waals surface area contributed by atoms with Crippen LogP contribution in [0.25, 0.3) is 5.65 Å². The first-order chi connectivity index (χ1) is 9.54. The van der Waals surface area contributed by atoms with Gasteiger partial charge in [0.05, 0.1) is 5.60 Å². The summed E-state index contributed by atoms with van der Waals surface area (Å²) in [5, 5.41) is 18.1. The van der Waals surface area contributed by atoms with E-state index in [9.17, 15) is 5.11 Å². The molecule has 20 heavy (non-hydrogen) atoms. The van der Waals surface area contributed by atoms with Crippen LogP contribution >= 0.6 is 0 Å². The Bertz CT molecular complexity index is 599. The maximum atomic E-state index is 10.5. The first kappa shape index (κ1) is 13.4. The highest BCUT2D eigenvalue weighted by molar-refractivity contribution is 5.44. The molecule has 2 aromatic heterocycles. The zero-order chi connectivity index (χ0) is 14.2. The third kappa shape index (κ3) is 2.77. The smallest absolute Gasteiger partial charge is 0.243 e. The van der Waals surface area contributed by atoms with E-state index in [4.69, 9.17) is 0 Å². The van der Waals surface area contributed by atoms with Crippen molar-refractivity contribution in [2.75, 3.05) is 11.9 Å². The number of anilines is 1. The second-order valence-electron chi connectivity index (χ2n) is 6.21. The summed E-state index contributed by atoms with van der Waals surface area (Å²) in [5.41, 5.74) is 1.36. The summed E-state index contributed by atoms with van der Waals surface area (Å²) in [6.07, 6.45) is 5.84. The SMILES string of the molecule is Cc1ccc2nc(NCC3(O)CCC(C)CC3)nn2c1. The molecule has 2 N–H and O–H groups in total. The number of nitrogens with one attached hydrogen (secondary N) is 1. The van der Waals surface area contributed by atoms with Crippen LogP contribution in [0.15, 0.2) is 18.3 Å². The molecule has 0 spiro atoms. The fourth-order valence-corrected chi connectivity index (χ4v) is 2.78. The fraction of sp³-hybridized carbons (Fsp3) is 0.600. The number of fused-ring (bicyclic) bond motifs is 1. The predicted octanol–water partition coefficient (Wildman–Crippen LogP) is 2.39. The second kappa shape index (κ2) is 5.05. The predicted molar refractivity (Wildman–Crippen MR) is 78.8 cm³/mol. The van der Waals surface area contributed by atoms with Crippen molar-refractivity contribution >= 4 is 11.6 Å². The molecule has 1 aliphatic rings. The molecule has 5 heteroatoms. The van der Waals surface area contributed by atoms with E-state index in [0.717, 1.165) is 42.8 Å². The molecular weight excluding hydrogens is 252 g/mol. The quantitative estimate of drug-likeness (QED) is 0.902. The van der Waals surface area contributed by atoms with Crippen LogP contribution in [0.4, 0.5) is 5.95 Å². The Morgan fingerprint density at radius 3 is 2.90 bits per heavy atom. The lowest BCUT2D eigenvalue weighted by atomic mass is 9.79. The van der Waals surface area contributed by atoms with Gasteiger partial charge in [-0.15, -0.1) is 5.10 Å². The average molecular weight is 274 g/mol. The first-order valence-electron chi connectivity index (χ1n) is 7.33. The largest absolute Gasteiger partial charge is 0.388 e. The van der Waals surface area contributed by atoms with E-state index in [0.29, 0.717) is 12.5 Å². The third-order valence-electron chi connectivity index (χ3n) is 4.26. The summed E-state index contributed by atoms with van der Waals surface area (Å²) < 4.78 is 1.77. The van der Waals surface area contributed by atoms with Crippen LogP contribution < -0.4 is 5.32 Å². The van der Waals surface area contributed by atoms with Gasteiger partial charge in [-0.3, -0.25) is 0 Å². The highest BCUT2D eigenvalue weighted by Gasteiger charge is 2.31. The number of nitrogens with zero attached hydrogens (tertiary/aromatic N) is 3.